The summed E-state index contributed by atoms with van der Waals surface area (Å²) in [6, 6.07) is 3.23. The molecule has 0 saturated carbocycles. The standard InChI is InChI=1S/C14H20O5/c1-9(2)19-8-11(15)10-6-13(17-4)14(18-5)7-12(10)16-3/h6-7,9H,8H2,1-5H3. The largest absolute Gasteiger partial charge is 0.496 e. The van der Waals surface area contributed by atoms with Gasteiger partial charge in [0.2, 0.25) is 0 Å². The van der Waals surface area contributed by atoms with Crippen LogP contribution in [0.3, 0.4) is 0 Å². The van der Waals surface area contributed by atoms with Crippen LogP contribution >= 0.6 is 0 Å². The molecule has 0 unspecified atom stereocenters. The number of Topliss-reactive ketones (excluding diaryl/α,β-unsaturated/α-hetero) is 1. The van der Waals surface area contributed by atoms with Crippen LogP contribution in [0.1, 0.15) is 24.2 Å². The number of methoxy groups -OCH3 is 3. The molecule has 0 aliphatic carbocycles. The van der Waals surface area contributed by atoms with Crippen LogP contribution in [0, 0.1) is 0 Å². The molecule has 0 fully saturated rings. The highest BCUT2D eigenvalue weighted by Crippen LogP contribution is 2.34. The van der Waals surface area contributed by atoms with Crippen LogP contribution in [-0.2, 0) is 4.74 Å². The number of carbonyl (C=O) groups is 1. The molecule has 1 aromatic rings. The number of ether oxygens (including phenoxy) is 4. The van der Waals surface area contributed by atoms with Gasteiger partial charge in [0.1, 0.15) is 12.4 Å². The lowest BCUT2D eigenvalue weighted by molar-refractivity contribution is 0.0582. The van der Waals surface area contributed by atoms with Gasteiger partial charge in [0, 0.05) is 6.07 Å². The first-order chi connectivity index (χ1) is 9.03. The molecule has 0 spiro atoms. The molecule has 0 radical (unpaired) electrons. The topological polar surface area (TPSA) is 54.0 Å². The average molecular weight is 268 g/mol. The second kappa shape index (κ2) is 6.99. The van der Waals surface area contributed by atoms with Crippen LogP contribution in [0.4, 0.5) is 0 Å². The Bertz CT molecular complexity index is 440. The molecular weight excluding hydrogens is 248 g/mol. The third-order valence-electron chi connectivity index (χ3n) is 2.55. The lowest BCUT2D eigenvalue weighted by Crippen LogP contribution is -2.14. The molecular formula is C14H20O5. The summed E-state index contributed by atoms with van der Waals surface area (Å²) in [6.07, 6.45) is -0.00455. The summed E-state index contributed by atoms with van der Waals surface area (Å²) in [4.78, 5) is 12.1. The Morgan fingerprint density at radius 2 is 1.53 bits per heavy atom. The lowest BCUT2D eigenvalue weighted by Gasteiger charge is -2.14. The van der Waals surface area contributed by atoms with Crippen molar-refractivity contribution in [1.82, 2.24) is 0 Å². The highest BCUT2D eigenvalue weighted by atomic mass is 16.5. The van der Waals surface area contributed by atoms with Crippen molar-refractivity contribution in [3.05, 3.63) is 17.7 Å². The Balaban J connectivity index is 3.07. The molecule has 0 aliphatic heterocycles. The molecule has 5 nitrogen and oxygen atoms in total. The molecule has 19 heavy (non-hydrogen) atoms. The second-order valence-electron chi connectivity index (χ2n) is 4.19. The fourth-order valence-corrected chi connectivity index (χ4v) is 1.57. The van der Waals surface area contributed by atoms with E-state index in [-0.39, 0.29) is 18.5 Å². The molecule has 0 N–H and O–H groups in total. The van der Waals surface area contributed by atoms with Gasteiger partial charge in [-0.05, 0) is 19.9 Å². The summed E-state index contributed by atoms with van der Waals surface area (Å²) in [5.74, 6) is 1.28. The minimum Gasteiger partial charge on any atom is -0.496 e. The predicted molar refractivity (Wildman–Crippen MR) is 71.5 cm³/mol. The van der Waals surface area contributed by atoms with Gasteiger partial charge in [0.15, 0.2) is 17.3 Å². The van der Waals surface area contributed by atoms with Gasteiger partial charge >= 0.3 is 0 Å². The zero-order chi connectivity index (χ0) is 14.4. The van der Waals surface area contributed by atoms with E-state index in [4.69, 9.17) is 18.9 Å². The third-order valence-corrected chi connectivity index (χ3v) is 2.55. The van der Waals surface area contributed by atoms with Crippen molar-refractivity contribution in [2.45, 2.75) is 20.0 Å². The number of ketones is 1. The molecule has 0 heterocycles. The van der Waals surface area contributed by atoms with Gasteiger partial charge in [-0.15, -0.1) is 0 Å². The number of hydrogen-bond donors (Lipinski definition) is 0. The Kier molecular flexibility index (Phi) is 5.63. The summed E-state index contributed by atoms with van der Waals surface area (Å²) in [7, 11) is 4.55. The Labute approximate surface area is 113 Å². The molecule has 0 aliphatic rings. The maximum atomic E-state index is 12.1. The van der Waals surface area contributed by atoms with Crippen molar-refractivity contribution in [3.8, 4) is 17.2 Å². The summed E-state index contributed by atoms with van der Waals surface area (Å²) < 4.78 is 20.9. The summed E-state index contributed by atoms with van der Waals surface area (Å²) in [6.45, 7) is 3.75. The van der Waals surface area contributed by atoms with Gasteiger partial charge in [0.25, 0.3) is 0 Å². The van der Waals surface area contributed by atoms with E-state index < -0.39 is 0 Å². The van der Waals surface area contributed by atoms with Crippen LogP contribution in [0.15, 0.2) is 12.1 Å². The lowest BCUT2D eigenvalue weighted by atomic mass is 10.1. The molecule has 106 valence electrons. The number of hydrogen-bond acceptors (Lipinski definition) is 5. The van der Waals surface area contributed by atoms with Crippen molar-refractivity contribution in [1.29, 1.82) is 0 Å². The van der Waals surface area contributed by atoms with Gasteiger partial charge in [-0.3, -0.25) is 4.79 Å². The third kappa shape index (κ3) is 3.86. The van der Waals surface area contributed by atoms with Gasteiger partial charge in [-0.25, -0.2) is 0 Å². The number of benzene rings is 1. The maximum absolute atomic E-state index is 12.1. The van der Waals surface area contributed by atoms with Crippen molar-refractivity contribution in [2.75, 3.05) is 27.9 Å². The van der Waals surface area contributed by atoms with Crippen LogP contribution in [0.25, 0.3) is 0 Å². The van der Waals surface area contributed by atoms with Crippen molar-refractivity contribution >= 4 is 5.78 Å². The highest BCUT2D eigenvalue weighted by molar-refractivity contribution is 6.00. The molecule has 0 atom stereocenters. The van der Waals surface area contributed by atoms with Crippen LogP contribution in [0.2, 0.25) is 0 Å². The first-order valence-electron chi connectivity index (χ1n) is 5.98. The molecule has 0 aromatic heterocycles. The molecule has 0 amide bonds. The minimum atomic E-state index is -0.161. The Morgan fingerprint density at radius 3 is 2.00 bits per heavy atom. The van der Waals surface area contributed by atoms with Crippen molar-refractivity contribution < 1.29 is 23.7 Å². The summed E-state index contributed by atoms with van der Waals surface area (Å²) >= 11 is 0. The number of carbonyl (C=O) groups excluding carboxylic acids is 1. The SMILES string of the molecule is COc1cc(OC)c(C(=O)COC(C)C)cc1OC. The fraction of sp³-hybridized carbons (Fsp3) is 0.500. The average Bonchev–Trinajstić information content (AvgIpc) is 2.42. The Morgan fingerprint density at radius 1 is 1.00 bits per heavy atom. The van der Waals surface area contributed by atoms with Crippen molar-refractivity contribution in [2.24, 2.45) is 0 Å². The number of rotatable bonds is 7. The fourth-order valence-electron chi connectivity index (χ4n) is 1.57. The smallest absolute Gasteiger partial charge is 0.192 e. The minimum absolute atomic E-state index is 0.00348. The van der Waals surface area contributed by atoms with E-state index >= 15 is 0 Å². The van der Waals surface area contributed by atoms with E-state index in [0.717, 1.165) is 0 Å². The van der Waals surface area contributed by atoms with Crippen molar-refractivity contribution in [3.63, 3.8) is 0 Å². The van der Waals surface area contributed by atoms with E-state index in [2.05, 4.69) is 0 Å². The molecule has 1 rings (SSSR count). The zero-order valence-corrected chi connectivity index (χ0v) is 12.0. The zero-order valence-electron chi connectivity index (χ0n) is 12.0. The van der Waals surface area contributed by atoms with E-state index in [1.807, 2.05) is 13.8 Å². The first kappa shape index (κ1) is 15.3. The normalized spacial score (nSPS) is 10.4. The summed E-state index contributed by atoms with van der Waals surface area (Å²) in [5.41, 5.74) is 0.417. The van der Waals surface area contributed by atoms with E-state index in [0.29, 0.717) is 22.8 Å². The van der Waals surface area contributed by atoms with E-state index in [9.17, 15) is 4.79 Å². The van der Waals surface area contributed by atoms with Gasteiger partial charge < -0.3 is 18.9 Å². The van der Waals surface area contributed by atoms with E-state index in [1.165, 1.54) is 21.3 Å². The predicted octanol–water partition coefficient (Wildman–Crippen LogP) is 2.32. The van der Waals surface area contributed by atoms with Gasteiger partial charge in [-0.2, -0.15) is 0 Å². The highest BCUT2D eigenvalue weighted by Gasteiger charge is 2.18. The van der Waals surface area contributed by atoms with Gasteiger partial charge in [-0.1, -0.05) is 0 Å². The molecule has 0 saturated heterocycles. The molecule has 5 heteroatoms. The monoisotopic (exact) mass is 268 g/mol. The first-order valence-corrected chi connectivity index (χ1v) is 5.98. The van der Waals surface area contributed by atoms with Gasteiger partial charge in [0.05, 0.1) is 33.0 Å². The Hall–Kier alpha value is -1.75. The maximum Gasteiger partial charge on any atom is 0.192 e. The summed E-state index contributed by atoms with van der Waals surface area (Å²) in [5, 5.41) is 0. The van der Waals surface area contributed by atoms with Crippen LogP contribution in [-0.4, -0.2) is 39.8 Å². The molecule has 1 aromatic carbocycles. The quantitative estimate of drug-likeness (QED) is 0.710. The van der Waals surface area contributed by atoms with Crippen LogP contribution in [0.5, 0.6) is 17.2 Å². The van der Waals surface area contributed by atoms with E-state index in [1.54, 1.807) is 12.1 Å². The molecule has 0 bridgehead atoms. The second-order valence-corrected chi connectivity index (χ2v) is 4.19. The van der Waals surface area contributed by atoms with Crippen LogP contribution < -0.4 is 14.2 Å².